The van der Waals surface area contributed by atoms with E-state index < -0.39 is 24.0 Å². The molecule has 1 N–H and O–H groups in total. The zero-order chi connectivity index (χ0) is 29.3. The summed E-state index contributed by atoms with van der Waals surface area (Å²) in [6.07, 6.45) is 4.10. The summed E-state index contributed by atoms with van der Waals surface area (Å²) in [7, 11) is 0. The summed E-state index contributed by atoms with van der Waals surface area (Å²) >= 11 is 0. The largest absolute Gasteiger partial charge is 0.486 e. The van der Waals surface area contributed by atoms with Crippen molar-refractivity contribution in [2.24, 2.45) is 5.41 Å². The van der Waals surface area contributed by atoms with Crippen LogP contribution in [0.25, 0.3) is 11.1 Å². The fourth-order valence-electron chi connectivity index (χ4n) is 4.58. The predicted octanol–water partition coefficient (Wildman–Crippen LogP) is 9.70. The molecule has 0 saturated heterocycles. The molecule has 0 unspecified atom stereocenters. The Labute approximate surface area is 234 Å². The number of carbonyl (C=O) groups is 1. The van der Waals surface area contributed by atoms with Gasteiger partial charge in [0, 0.05) is 17.5 Å². The Bertz CT molecular complexity index is 1280. The van der Waals surface area contributed by atoms with Gasteiger partial charge in [0.1, 0.15) is 12.4 Å². The Kier molecular flexibility index (Phi) is 11.2. The number of hydrogen-bond acceptors (Lipinski definition) is 2. The molecule has 3 aromatic rings. The summed E-state index contributed by atoms with van der Waals surface area (Å²) in [5.74, 6) is -2.19. The fourth-order valence-corrected chi connectivity index (χ4v) is 4.58. The van der Waals surface area contributed by atoms with Gasteiger partial charge in [-0.15, -0.1) is 0 Å². The number of aryl methyl sites for hydroxylation is 1. The van der Waals surface area contributed by atoms with E-state index in [9.17, 15) is 22.4 Å². The van der Waals surface area contributed by atoms with Gasteiger partial charge in [-0.3, -0.25) is 4.79 Å². The van der Waals surface area contributed by atoms with Crippen LogP contribution in [0.2, 0.25) is 0 Å². The van der Waals surface area contributed by atoms with E-state index in [1.54, 1.807) is 18.2 Å². The molecule has 1 aliphatic carbocycles. The molecule has 0 bridgehead atoms. The SMILES string of the molecule is C1CC1.CCCC(C)(C)Cc1cc(COc2cccc(CCC(=O)O)c2F)ccc1-c1cc(C(F)F)ccc1F. The lowest BCUT2D eigenvalue weighted by atomic mass is 9.79. The van der Waals surface area contributed by atoms with Gasteiger partial charge in [-0.05, 0) is 65.1 Å². The van der Waals surface area contributed by atoms with Crippen LogP contribution >= 0.6 is 0 Å². The Balaban J connectivity index is 0.00000137. The molecule has 40 heavy (non-hydrogen) atoms. The molecule has 1 saturated carbocycles. The minimum atomic E-state index is -2.71. The lowest BCUT2D eigenvalue weighted by Gasteiger charge is -2.26. The number of alkyl halides is 2. The predicted molar refractivity (Wildman–Crippen MR) is 150 cm³/mol. The van der Waals surface area contributed by atoms with Crippen molar-refractivity contribution in [1.82, 2.24) is 0 Å². The summed E-state index contributed by atoms with van der Waals surface area (Å²) in [5.41, 5.74) is 2.05. The molecule has 216 valence electrons. The van der Waals surface area contributed by atoms with Gasteiger partial charge in [-0.2, -0.15) is 0 Å². The molecule has 0 aliphatic heterocycles. The number of hydrogen-bond donors (Lipinski definition) is 1. The summed E-state index contributed by atoms with van der Waals surface area (Å²) in [6.45, 7) is 6.32. The molecule has 7 heteroatoms. The number of aliphatic carboxylic acids is 1. The Hall–Kier alpha value is -3.35. The van der Waals surface area contributed by atoms with Gasteiger partial charge in [-0.1, -0.05) is 82.9 Å². The average Bonchev–Trinajstić information content (AvgIpc) is 3.77. The maximum atomic E-state index is 14.8. The first kappa shape index (κ1) is 31.2. The Morgan fingerprint density at radius 2 is 1.70 bits per heavy atom. The molecule has 0 heterocycles. The van der Waals surface area contributed by atoms with Crippen molar-refractivity contribution in [3.63, 3.8) is 0 Å². The van der Waals surface area contributed by atoms with Crippen LogP contribution in [0.3, 0.4) is 0 Å². The highest BCUT2D eigenvalue weighted by molar-refractivity contribution is 5.69. The van der Waals surface area contributed by atoms with E-state index in [0.717, 1.165) is 30.5 Å². The van der Waals surface area contributed by atoms with Crippen molar-refractivity contribution in [1.29, 1.82) is 0 Å². The highest BCUT2D eigenvalue weighted by Crippen LogP contribution is 2.36. The number of carboxylic acids is 1. The summed E-state index contributed by atoms with van der Waals surface area (Å²) < 4.78 is 62.0. The minimum absolute atomic E-state index is 0.00973. The third-order valence-electron chi connectivity index (χ3n) is 6.70. The molecular weight excluding hydrogens is 520 g/mol. The van der Waals surface area contributed by atoms with Crippen molar-refractivity contribution in [2.45, 2.75) is 85.2 Å². The lowest BCUT2D eigenvalue weighted by Crippen LogP contribution is -2.15. The molecule has 0 radical (unpaired) electrons. The number of halogens is 4. The van der Waals surface area contributed by atoms with Crippen LogP contribution in [0, 0.1) is 17.0 Å². The zero-order valence-electron chi connectivity index (χ0n) is 23.4. The van der Waals surface area contributed by atoms with Crippen molar-refractivity contribution in [3.05, 3.63) is 88.5 Å². The highest BCUT2D eigenvalue weighted by atomic mass is 19.3. The number of rotatable bonds is 12. The van der Waals surface area contributed by atoms with Crippen molar-refractivity contribution >= 4 is 5.97 Å². The first-order valence-electron chi connectivity index (χ1n) is 13.8. The summed E-state index contributed by atoms with van der Waals surface area (Å²) in [4.78, 5) is 10.8. The fraction of sp³-hybridized carbons (Fsp3) is 0.424. The van der Waals surface area contributed by atoms with Crippen molar-refractivity contribution in [2.75, 3.05) is 0 Å². The van der Waals surface area contributed by atoms with Gasteiger partial charge in [-0.25, -0.2) is 17.6 Å². The van der Waals surface area contributed by atoms with Gasteiger partial charge in [0.05, 0.1) is 0 Å². The van der Waals surface area contributed by atoms with Crippen LogP contribution in [0.15, 0.2) is 54.6 Å². The molecule has 3 aromatic carbocycles. The van der Waals surface area contributed by atoms with E-state index in [4.69, 9.17) is 9.84 Å². The smallest absolute Gasteiger partial charge is 0.303 e. The second-order valence-corrected chi connectivity index (χ2v) is 11.1. The second-order valence-electron chi connectivity index (χ2n) is 11.1. The van der Waals surface area contributed by atoms with Crippen molar-refractivity contribution in [3.8, 4) is 16.9 Å². The third-order valence-corrected chi connectivity index (χ3v) is 6.70. The number of carboxylic acid groups (broad SMARTS) is 1. The molecule has 1 fully saturated rings. The van der Waals surface area contributed by atoms with Gasteiger partial charge >= 0.3 is 5.97 Å². The monoisotopic (exact) mass is 558 g/mol. The summed E-state index contributed by atoms with van der Waals surface area (Å²) in [6, 6.07) is 13.2. The quantitative estimate of drug-likeness (QED) is 0.225. The first-order chi connectivity index (χ1) is 19.0. The molecular formula is C33H38F4O3. The molecule has 1 aliphatic rings. The van der Waals surface area contributed by atoms with Crippen LogP contribution in [-0.4, -0.2) is 11.1 Å². The Morgan fingerprint density at radius 1 is 0.975 bits per heavy atom. The van der Waals surface area contributed by atoms with E-state index in [1.807, 2.05) is 6.07 Å². The first-order valence-corrected chi connectivity index (χ1v) is 13.8. The van der Waals surface area contributed by atoms with E-state index in [2.05, 4.69) is 20.8 Å². The van der Waals surface area contributed by atoms with Crippen molar-refractivity contribution < 1.29 is 32.2 Å². The molecule has 0 aromatic heterocycles. The standard InChI is InChI=1S/C30H32F4O3.C3H6/c1-4-14-30(2,3)17-22-15-19(8-11-23(22)24-16-21(29(33)34)9-12-25(24)31)18-37-26-7-5-6-20(28(26)32)10-13-27(35)36;1-2-3-1/h5-9,11-12,15-16,29H,4,10,13-14,17-18H2,1-3H3,(H,35,36);1-3H2. The lowest BCUT2D eigenvalue weighted by molar-refractivity contribution is -0.136. The van der Waals surface area contributed by atoms with Crippen LogP contribution in [0.1, 0.15) is 88.0 Å². The molecule has 0 amide bonds. The van der Waals surface area contributed by atoms with Crippen LogP contribution in [0.4, 0.5) is 17.6 Å². The van der Waals surface area contributed by atoms with E-state index in [0.29, 0.717) is 17.5 Å². The second kappa shape index (κ2) is 14.3. The van der Waals surface area contributed by atoms with Gasteiger partial charge in [0.2, 0.25) is 0 Å². The van der Waals surface area contributed by atoms with Crippen LogP contribution in [0.5, 0.6) is 5.75 Å². The normalized spacial score (nSPS) is 12.6. The zero-order valence-corrected chi connectivity index (χ0v) is 23.4. The topological polar surface area (TPSA) is 46.5 Å². The van der Waals surface area contributed by atoms with E-state index in [1.165, 1.54) is 37.5 Å². The molecule has 3 nitrogen and oxygen atoms in total. The maximum absolute atomic E-state index is 14.8. The maximum Gasteiger partial charge on any atom is 0.303 e. The molecule has 0 spiro atoms. The van der Waals surface area contributed by atoms with E-state index >= 15 is 0 Å². The van der Waals surface area contributed by atoms with Gasteiger partial charge in [0.25, 0.3) is 6.43 Å². The highest BCUT2D eigenvalue weighted by Gasteiger charge is 2.22. The van der Waals surface area contributed by atoms with Gasteiger partial charge < -0.3 is 9.84 Å². The van der Waals surface area contributed by atoms with Gasteiger partial charge in [0.15, 0.2) is 11.6 Å². The molecule has 4 rings (SSSR count). The average molecular weight is 559 g/mol. The Morgan fingerprint density at radius 3 is 2.33 bits per heavy atom. The van der Waals surface area contributed by atoms with E-state index in [-0.39, 0.29) is 47.3 Å². The summed E-state index contributed by atoms with van der Waals surface area (Å²) in [5, 5.41) is 8.88. The number of ether oxygens (including phenoxy) is 1. The third kappa shape index (κ3) is 9.39. The molecule has 0 atom stereocenters. The minimum Gasteiger partial charge on any atom is -0.486 e. The number of benzene rings is 3. The van der Waals surface area contributed by atoms with Crippen LogP contribution < -0.4 is 4.74 Å². The van der Waals surface area contributed by atoms with Crippen LogP contribution in [-0.2, 0) is 24.2 Å².